The van der Waals surface area contributed by atoms with Crippen LogP contribution in [-0.4, -0.2) is 36.0 Å². The summed E-state index contributed by atoms with van der Waals surface area (Å²) in [6, 6.07) is 8.62. The maximum atomic E-state index is 12.6. The molecule has 3 fully saturated rings. The van der Waals surface area contributed by atoms with Gasteiger partial charge in [-0.3, -0.25) is 9.69 Å². The maximum absolute atomic E-state index is 12.6. The van der Waals surface area contributed by atoms with Crippen molar-refractivity contribution in [1.82, 2.24) is 10.2 Å². The topological polar surface area (TPSA) is 54.7 Å². The zero-order valence-electron chi connectivity index (χ0n) is 15.3. The van der Waals surface area contributed by atoms with Gasteiger partial charge in [0.1, 0.15) is 5.75 Å². The summed E-state index contributed by atoms with van der Waals surface area (Å²) in [5.74, 6) is -0.741. The highest BCUT2D eigenvalue weighted by Gasteiger charge is 2.40. The van der Waals surface area contributed by atoms with Crippen LogP contribution < -0.4 is 10.1 Å². The second-order valence-electron chi connectivity index (χ2n) is 7.36. The number of carbonyl (C=O) groups excluding carboxylic acids is 1. The minimum Gasteiger partial charge on any atom is -0.426 e. The van der Waals surface area contributed by atoms with E-state index in [4.69, 9.17) is 4.74 Å². The molecule has 2 aromatic rings. The molecule has 0 aliphatic carbocycles. The van der Waals surface area contributed by atoms with E-state index in [-0.39, 0.29) is 23.6 Å². The highest BCUT2D eigenvalue weighted by atomic mass is 19.4. The molecular formula is C20H21F3N2O3. The van der Waals surface area contributed by atoms with Crippen molar-refractivity contribution >= 4 is 5.91 Å². The summed E-state index contributed by atoms with van der Waals surface area (Å²) in [6.45, 7) is 4.33. The maximum Gasteiger partial charge on any atom is 0.449 e. The Morgan fingerprint density at radius 3 is 2.39 bits per heavy atom. The zero-order chi connectivity index (χ0) is 19.9. The van der Waals surface area contributed by atoms with Crippen LogP contribution >= 0.6 is 0 Å². The van der Waals surface area contributed by atoms with Crippen molar-refractivity contribution in [3.63, 3.8) is 0 Å². The van der Waals surface area contributed by atoms with Crippen LogP contribution in [0.15, 0.2) is 40.8 Å². The Morgan fingerprint density at radius 1 is 1.14 bits per heavy atom. The molecule has 2 unspecified atom stereocenters. The third kappa shape index (κ3) is 3.73. The van der Waals surface area contributed by atoms with Crippen molar-refractivity contribution < 1.29 is 27.1 Å². The fourth-order valence-electron chi connectivity index (χ4n) is 4.10. The van der Waals surface area contributed by atoms with E-state index in [1.165, 1.54) is 12.1 Å². The predicted molar refractivity (Wildman–Crippen MR) is 95.2 cm³/mol. The molecule has 3 saturated heterocycles. The van der Waals surface area contributed by atoms with Crippen molar-refractivity contribution in [3.8, 4) is 11.7 Å². The first-order valence-electron chi connectivity index (χ1n) is 9.31. The van der Waals surface area contributed by atoms with E-state index in [9.17, 15) is 18.0 Å². The van der Waals surface area contributed by atoms with Crippen molar-refractivity contribution in [1.29, 1.82) is 0 Å². The van der Waals surface area contributed by atoms with Crippen LogP contribution in [0.1, 0.15) is 35.9 Å². The number of fused-ring (bicyclic) bond motifs is 3. The standard InChI is InChI=1S/C20H21F3N2O3/c1-12-18(13-8-10-25(12)11-9-13)24-19(26)14-2-4-15(5-3-14)27-17-7-6-16(28-17)20(21,22)23/h2-7,12-13,18H,8-11H2,1H3,(H,24,26). The van der Waals surface area contributed by atoms with Crippen LogP contribution in [0.3, 0.4) is 0 Å². The van der Waals surface area contributed by atoms with Crippen molar-refractivity contribution in [2.75, 3.05) is 13.1 Å². The molecule has 5 rings (SSSR count). The molecule has 3 aliphatic heterocycles. The number of alkyl halides is 3. The molecule has 1 N–H and O–H groups in total. The lowest BCUT2D eigenvalue weighted by Crippen LogP contribution is -2.62. The summed E-state index contributed by atoms with van der Waals surface area (Å²) >= 11 is 0. The molecule has 8 heteroatoms. The lowest BCUT2D eigenvalue weighted by atomic mass is 9.79. The van der Waals surface area contributed by atoms with Gasteiger partial charge in [-0.15, -0.1) is 0 Å². The van der Waals surface area contributed by atoms with Crippen LogP contribution in [0, 0.1) is 5.92 Å². The van der Waals surface area contributed by atoms with Gasteiger partial charge in [-0.25, -0.2) is 0 Å². The van der Waals surface area contributed by atoms with E-state index in [2.05, 4.69) is 21.6 Å². The molecule has 0 radical (unpaired) electrons. The van der Waals surface area contributed by atoms with Crippen LogP contribution in [0.2, 0.25) is 0 Å². The molecule has 0 spiro atoms. The van der Waals surface area contributed by atoms with Crippen LogP contribution in [0.5, 0.6) is 11.7 Å². The van der Waals surface area contributed by atoms with Crippen LogP contribution in [-0.2, 0) is 6.18 Å². The van der Waals surface area contributed by atoms with E-state index in [0.29, 0.717) is 17.5 Å². The summed E-state index contributed by atoms with van der Waals surface area (Å²) in [6.07, 6.45) is -2.36. The average Bonchev–Trinajstić information content (AvgIpc) is 3.14. The first-order chi connectivity index (χ1) is 13.3. The minimum absolute atomic E-state index is 0.134. The summed E-state index contributed by atoms with van der Waals surface area (Å²) in [7, 11) is 0. The number of rotatable bonds is 4. The molecule has 28 heavy (non-hydrogen) atoms. The average molecular weight is 394 g/mol. The van der Waals surface area contributed by atoms with Gasteiger partial charge in [0.25, 0.3) is 11.9 Å². The Bertz CT molecular complexity index is 837. The van der Waals surface area contributed by atoms with Crippen LogP contribution in [0.25, 0.3) is 0 Å². The second-order valence-corrected chi connectivity index (χ2v) is 7.36. The lowest BCUT2D eigenvalue weighted by Gasteiger charge is -2.49. The Labute approximate surface area is 160 Å². The number of carbonyl (C=O) groups is 1. The molecule has 0 saturated carbocycles. The number of hydrogen-bond acceptors (Lipinski definition) is 4. The van der Waals surface area contributed by atoms with E-state index in [0.717, 1.165) is 38.1 Å². The Hall–Kier alpha value is -2.48. The SMILES string of the molecule is CC1C(NC(=O)c2ccc(Oc3ccc(C(F)(F)F)o3)cc2)C2CCN1CC2. The van der Waals surface area contributed by atoms with Crippen molar-refractivity contribution in [3.05, 3.63) is 47.7 Å². The Balaban J connectivity index is 1.39. The van der Waals surface area contributed by atoms with Gasteiger partial charge in [-0.2, -0.15) is 13.2 Å². The van der Waals surface area contributed by atoms with Crippen LogP contribution in [0.4, 0.5) is 13.2 Å². The third-order valence-corrected chi connectivity index (χ3v) is 5.67. The van der Waals surface area contributed by atoms with Crippen molar-refractivity contribution in [2.45, 2.75) is 38.0 Å². The molecule has 3 aliphatic rings. The molecule has 2 atom stereocenters. The van der Waals surface area contributed by atoms with Gasteiger partial charge in [0.2, 0.25) is 5.76 Å². The van der Waals surface area contributed by atoms with Gasteiger partial charge >= 0.3 is 6.18 Å². The number of hydrogen-bond donors (Lipinski definition) is 1. The van der Waals surface area contributed by atoms with Gasteiger partial charge in [0, 0.05) is 23.7 Å². The second kappa shape index (κ2) is 7.16. The predicted octanol–water partition coefficient (Wildman–Crippen LogP) is 4.30. The summed E-state index contributed by atoms with van der Waals surface area (Å²) < 4.78 is 47.6. The summed E-state index contributed by atoms with van der Waals surface area (Å²) in [4.78, 5) is 15.0. The van der Waals surface area contributed by atoms with E-state index in [1.54, 1.807) is 12.1 Å². The number of amides is 1. The summed E-state index contributed by atoms with van der Waals surface area (Å²) in [5, 5.41) is 3.14. The largest absolute Gasteiger partial charge is 0.449 e. The number of nitrogens with zero attached hydrogens (tertiary/aromatic N) is 1. The molecule has 1 amide bonds. The zero-order valence-corrected chi connectivity index (χ0v) is 15.3. The quantitative estimate of drug-likeness (QED) is 0.840. The number of piperidine rings is 3. The van der Waals surface area contributed by atoms with Gasteiger partial charge in [-0.1, -0.05) is 0 Å². The third-order valence-electron chi connectivity index (χ3n) is 5.67. The fraction of sp³-hybridized carbons (Fsp3) is 0.450. The van der Waals surface area contributed by atoms with E-state index >= 15 is 0 Å². The Kier molecular flexibility index (Phi) is 4.82. The number of nitrogens with one attached hydrogen (secondary N) is 1. The molecule has 2 bridgehead atoms. The number of benzene rings is 1. The van der Waals surface area contributed by atoms with Crippen molar-refractivity contribution in [2.24, 2.45) is 5.92 Å². The minimum atomic E-state index is -4.56. The monoisotopic (exact) mass is 394 g/mol. The summed E-state index contributed by atoms with van der Waals surface area (Å²) in [5.41, 5.74) is 0.478. The lowest BCUT2D eigenvalue weighted by molar-refractivity contribution is -0.153. The fourth-order valence-corrected chi connectivity index (χ4v) is 4.10. The molecule has 1 aromatic heterocycles. The first-order valence-corrected chi connectivity index (χ1v) is 9.31. The van der Waals surface area contributed by atoms with Gasteiger partial charge < -0.3 is 14.5 Å². The van der Waals surface area contributed by atoms with Gasteiger partial charge in [0.15, 0.2) is 0 Å². The van der Waals surface area contributed by atoms with E-state index < -0.39 is 11.9 Å². The van der Waals surface area contributed by atoms with Gasteiger partial charge in [-0.05, 0) is 69.1 Å². The molecule has 1 aromatic carbocycles. The highest BCUT2D eigenvalue weighted by molar-refractivity contribution is 5.94. The highest BCUT2D eigenvalue weighted by Crippen LogP contribution is 2.35. The number of halogens is 3. The molecule has 150 valence electrons. The van der Waals surface area contributed by atoms with E-state index in [1.807, 2.05) is 0 Å². The first kappa shape index (κ1) is 18.9. The number of ether oxygens (including phenoxy) is 1. The molecular weight excluding hydrogens is 373 g/mol. The number of furan rings is 1. The molecule has 5 nitrogen and oxygen atoms in total. The molecule has 4 heterocycles. The Morgan fingerprint density at radius 2 is 1.82 bits per heavy atom. The smallest absolute Gasteiger partial charge is 0.426 e. The normalized spacial score (nSPS) is 26.9. The van der Waals surface area contributed by atoms with Gasteiger partial charge in [0.05, 0.1) is 0 Å².